The van der Waals surface area contributed by atoms with Gasteiger partial charge in [-0.1, -0.05) is 19.3 Å². The summed E-state index contributed by atoms with van der Waals surface area (Å²) in [6.07, 6.45) is 4.09. The lowest BCUT2D eigenvalue weighted by Gasteiger charge is -2.34. The Morgan fingerprint density at radius 1 is 1.04 bits per heavy atom. The van der Waals surface area contributed by atoms with E-state index in [1.54, 1.807) is 35.5 Å². The number of carbonyl (C=O) groups excluding carboxylic acids is 1. The topological polar surface area (TPSA) is 134 Å². The average molecular weight is 626 g/mol. The second-order valence-electron chi connectivity index (χ2n) is 11.8. The van der Waals surface area contributed by atoms with Crippen LogP contribution in [0.4, 0.5) is 30.8 Å². The molecule has 2 N–H and O–H groups in total. The number of alkyl halides is 3. The number of carbonyl (C=O) groups is 2. The summed E-state index contributed by atoms with van der Waals surface area (Å²) in [6.45, 7) is 2.53. The zero-order valence-electron chi connectivity index (χ0n) is 24.6. The maximum atomic E-state index is 14.2. The van der Waals surface area contributed by atoms with Gasteiger partial charge in [-0.15, -0.1) is 0 Å². The van der Waals surface area contributed by atoms with Crippen LogP contribution in [0, 0.1) is 5.92 Å². The molecule has 6 rings (SSSR count). The zero-order chi connectivity index (χ0) is 31.6. The molecule has 45 heavy (non-hydrogen) atoms. The lowest BCUT2D eigenvalue weighted by Crippen LogP contribution is -2.55. The van der Waals surface area contributed by atoms with Gasteiger partial charge in [0.15, 0.2) is 5.69 Å². The molecule has 238 valence electrons. The first-order valence-electron chi connectivity index (χ1n) is 15.2. The summed E-state index contributed by atoms with van der Waals surface area (Å²) in [5.41, 5.74) is -2.28. The van der Waals surface area contributed by atoms with Crippen molar-refractivity contribution in [3.8, 4) is 5.75 Å². The van der Waals surface area contributed by atoms with Crippen molar-refractivity contribution in [2.24, 2.45) is 5.92 Å². The van der Waals surface area contributed by atoms with Gasteiger partial charge in [-0.3, -0.25) is 4.79 Å². The molecule has 2 fully saturated rings. The number of aromatic nitrogens is 4. The SMILES string of the molecule is O=C(NC1(C(=O)O)CCCCC1)c1cnc(N2CCc3cc(OCC4CCCN(c5ncccn5)C4)ccc32)nc1C(F)(F)F. The van der Waals surface area contributed by atoms with Crippen LogP contribution in [0.25, 0.3) is 0 Å². The molecule has 1 atom stereocenters. The monoisotopic (exact) mass is 625 g/mol. The summed E-state index contributed by atoms with van der Waals surface area (Å²) in [5.74, 6) is -0.941. The van der Waals surface area contributed by atoms with Crippen molar-refractivity contribution in [2.75, 3.05) is 36.0 Å². The minimum atomic E-state index is -4.96. The van der Waals surface area contributed by atoms with E-state index in [9.17, 15) is 27.9 Å². The predicted molar refractivity (Wildman–Crippen MR) is 158 cm³/mol. The Kier molecular flexibility index (Phi) is 8.47. The number of carboxylic acids is 1. The number of hydrogen-bond donors (Lipinski definition) is 2. The van der Waals surface area contributed by atoms with Crippen LogP contribution >= 0.6 is 0 Å². The number of ether oxygens (including phenoxy) is 1. The molecular formula is C31H34F3N7O4. The summed E-state index contributed by atoms with van der Waals surface area (Å²) in [4.78, 5) is 45.4. The van der Waals surface area contributed by atoms with Crippen molar-refractivity contribution in [1.82, 2.24) is 25.3 Å². The maximum Gasteiger partial charge on any atom is 0.434 e. The number of amides is 1. The molecule has 1 saturated heterocycles. The van der Waals surface area contributed by atoms with Gasteiger partial charge in [0.1, 0.15) is 11.3 Å². The largest absolute Gasteiger partial charge is 0.493 e. The maximum absolute atomic E-state index is 14.2. The van der Waals surface area contributed by atoms with Gasteiger partial charge in [-0.2, -0.15) is 13.2 Å². The average Bonchev–Trinajstić information content (AvgIpc) is 3.47. The van der Waals surface area contributed by atoms with Gasteiger partial charge in [0.25, 0.3) is 5.91 Å². The van der Waals surface area contributed by atoms with Crippen molar-refractivity contribution in [2.45, 2.75) is 63.1 Å². The third kappa shape index (κ3) is 6.50. The van der Waals surface area contributed by atoms with E-state index in [-0.39, 0.29) is 18.8 Å². The molecule has 14 heteroatoms. The highest BCUT2D eigenvalue weighted by Gasteiger charge is 2.44. The number of aliphatic carboxylic acids is 1. The molecule has 1 saturated carbocycles. The van der Waals surface area contributed by atoms with Gasteiger partial charge >= 0.3 is 12.1 Å². The first kappa shape index (κ1) is 30.5. The van der Waals surface area contributed by atoms with E-state index >= 15 is 0 Å². The van der Waals surface area contributed by atoms with Crippen molar-refractivity contribution < 1.29 is 32.6 Å². The Morgan fingerprint density at radius 2 is 1.82 bits per heavy atom. The fourth-order valence-electron chi connectivity index (χ4n) is 6.44. The van der Waals surface area contributed by atoms with Crippen molar-refractivity contribution in [3.63, 3.8) is 0 Å². The number of fused-ring (bicyclic) bond motifs is 1. The summed E-state index contributed by atoms with van der Waals surface area (Å²) in [7, 11) is 0. The molecule has 4 heterocycles. The minimum absolute atomic E-state index is 0.145. The number of halogens is 3. The Hall–Kier alpha value is -4.49. The Labute approximate surface area is 257 Å². The molecule has 0 spiro atoms. The second kappa shape index (κ2) is 12.5. The number of nitrogens with one attached hydrogen (secondary N) is 1. The number of hydrogen-bond acceptors (Lipinski definition) is 9. The van der Waals surface area contributed by atoms with E-state index in [0.29, 0.717) is 55.7 Å². The Bertz CT molecular complexity index is 1550. The van der Waals surface area contributed by atoms with Crippen molar-refractivity contribution >= 4 is 29.5 Å². The van der Waals surface area contributed by atoms with E-state index in [0.717, 1.165) is 44.1 Å². The molecule has 2 aromatic heterocycles. The Balaban J connectivity index is 1.15. The number of benzene rings is 1. The number of anilines is 3. The van der Waals surface area contributed by atoms with E-state index in [4.69, 9.17) is 4.74 Å². The molecule has 3 aliphatic rings. The summed E-state index contributed by atoms with van der Waals surface area (Å²) in [6, 6.07) is 7.23. The number of carboxylic acid groups (broad SMARTS) is 1. The molecule has 3 aromatic rings. The first-order chi connectivity index (χ1) is 21.6. The predicted octanol–water partition coefficient (Wildman–Crippen LogP) is 4.79. The summed E-state index contributed by atoms with van der Waals surface area (Å²) < 4.78 is 48.7. The normalized spacial score (nSPS) is 19.6. The van der Waals surface area contributed by atoms with E-state index in [1.807, 2.05) is 6.07 Å². The second-order valence-corrected chi connectivity index (χ2v) is 11.8. The minimum Gasteiger partial charge on any atom is -0.493 e. The molecule has 1 aliphatic carbocycles. The molecule has 0 bridgehead atoms. The van der Waals surface area contributed by atoms with Crippen LogP contribution in [-0.4, -0.2) is 68.7 Å². The van der Waals surface area contributed by atoms with Gasteiger partial charge in [-0.05, 0) is 61.9 Å². The van der Waals surface area contributed by atoms with Crippen LogP contribution in [0.5, 0.6) is 5.75 Å². The highest BCUT2D eigenvalue weighted by atomic mass is 19.4. The molecular weight excluding hydrogens is 591 g/mol. The van der Waals surface area contributed by atoms with Crippen molar-refractivity contribution in [3.05, 3.63) is 59.7 Å². The van der Waals surface area contributed by atoms with Crippen LogP contribution in [0.15, 0.2) is 42.9 Å². The fraction of sp³-hybridized carbons (Fsp3) is 0.484. The van der Waals surface area contributed by atoms with Gasteiger partial charge < -0.3 is 25.0 Å². The molecule has 11 nitrogen and oxygen atoms in total. The Morgan fingerprint density at radius 3 is 2.56 bits per heavy atom. The van der Waals surface area contributed by atoms with Crippen LogP contribution in [-0.2, 0) is 17.4 Å². The number of nitrogens with zero attached hydrogens (tertiary/aromatic N) is 6. The molecule has 1 aromatic carbocycles. The quantitative estimate of drug-likeness (QED) is 0.360. The molecule has 1 unspecified atom stereocenters. The lowest BCUT2D eigenvalue weighted by molar-refractivity contribution is -0.145. The van der Waals surface area contributed by atoms with Crippen LogP contribution in [0.3, 0.4) is 0 Å². The molecule has 2 aliphatic heterocycles. The molecule has 1 amide bonds. The van der Waals surface area contributed by atoms with Gasteiger partial charge in [0.2, 0.25) is 11.9 Å². The van der Waals surface area contributed by atoms with Gasteiger partial charge in [0, 0.05) is 49.8 Å². The highest BCUT2D eigenvalue weighted by molar-refractivity contribution is 5.98. The first-order valence-corrected chi connectivity index (χ1v) is 15.2. The number of piperidine rings is 1. The van der Waals surface area contributed by atoms with E-state index in [2.05, 4.69) is 30.2 Å². The molecule has 0 radical (unpaired) electrons. The lowest BCUT2D eigenvalue weighted by atomic mass is 9.81. The van der Waals surface area contributed by atoms with Gasteiger partial charge in [-0.25, -0.2) is 24.7 Å². The fourth-order valence-corrected chi connectivity index (χ4v) is 6.44. The van der Waals surface area contributed by atoms with Gasteiger partial charge in [0.05, 0.1) is 12.2 Å². The highest BCUT2D eigenvalue weighted by Crippen LogP contribution is 2.38. The number of rotatable bonds is 8. The zero-order valence-corrected chi connectivity index (χ0v) is 24.6. The van der Waals surface area contributed by atoms with Crippen LogP contribution < -0.4 is 19.9 Å². The third-order valence-corrected chi connectivity index (χ3v) is 8.79. The summed E-state index contributed by atoms with van der Waals surface area (Å²) in [5, 5.41) is 12.1. The third-order valence-electron chi connectivity index (χ3n) is 8.79. The van der Waals surface area contributed by atoms with Crippen LogP contribution in [0.2, 0.25) is 0 Å². The van der Waals surface area contributed by atoms with E-state index < -0.39 is 34.8 Å². The smallest absolute Gasteiger partial charge is 0.434 e. The van der Waals surface area contributed by atoms with Crippen LogP contribution in [0.1, 0.15) is 66.6 Å². The standard InChI is InChI=1S/C31H34F3N7O4/c32-31(33,34)25-23(26(42)39-30(27(43)44)10-2-1-3-11-30)17-37-29(38-25)41-15-9-21-16-22(7-8-24(21)41)45-19-20-6-4-14-40(18-20)28-35-12-5-13-36-28/h5,7-8,12-13,16-17,20H,1-4,6,9-11,14-15,18-19H2,(H,39,42)(H,43,44). The summed E-state index contributed by atoms with van der Waals surface area (Å²) >= 11 is 0. The van der Waals surface area contributed by atoms with E-state index in [1.165, 1.54) is 0 Å². The van der Waals surface area contributed by atoms with Crippen molar-refractivity contribution in [1.29, 1.82) is 0 Å².